The number of nitrogens with zero attached hydrogens (tertiary/aromatic N) is 1. The van der Waals surface area contributed by atoms with E-state index in [1.807, 2.05) is 6.92 Å². The first-order valence-electron chi connectivity index (χ1n) is 9.14. The van der Waals surface area contributed by atoms with Crippen LogP contribution in [0.3, 0.4) is 0 Å². The largest absolute Gasteiger partial charge is 0.490 e. The first kappa shape index (κ1) is 24.9. The minimum absolute atomic E-state index is 0.269. The number of hydrogen-bond donors (Lipinski definition) is 0. The summed E-state index contributed by atoms with van der Waals surface area (Å²) in [4.78, 5) is 26.3. The summed E-state index contributed by atoms with van der Waals surface area (Å²) in [6.07, 6.45) is 1.69. The van der Waals surface area contributed by atoms with E-state index < -0.39 is 5.97 Å². The van der Waals surface area contributed by atoms with Gasteiger partial charge in [0.15, 0.2) is 22.4 Å². The molecular weight excluding hydrogens is 561 g/mol. The third-order valence-electron chi connectivity index (χ3n) is 4.14. The summed E-state index contributed by atoms with van der Waals surface area (Å²) in [7, 11) is 1.28. The number of anilines is 1. The van der Waals surface area contributed by atoms with Gasteiger partial charge in [0.25, 0.3) is 5.91 Å². The van der Waals surface area contributed by atoms with E-state index in [1.54, 1.807) is 36.4 Å². The number of carbonyl (C=O) groups excluding carboxylic acids is 2. The van der Waals surface area contributed by atoms with Gasteiger partial charge in [-0.05, 0) is 64.8 Å². The van der Waals surface area contributed by atoms with Crippen molar-refractivity contribution in [2.45, 2.75) is 6.92 Å². The van der Waals surface area contributed by atoms with Crippen LogP contribution >= 0.6 is 63.1 Å². The first-order valence-corrected chi connectivity index (χ1v) is 11.9. The number of carbonyl (C=O) groups is 2. The van der Waals surface area contributed by atoms with Crippen LogP contribution in [0.25, 0.3) is 6.08 Å². The Hall–Kier alpha value is -1.78. The molecule has 2 aromatic carbocycles. The van der Waals surface area contributed by atoms with Gasteiger partial charge in [0.2, 0.25) is 0 Å². The van der Waals surface area contributed by atoms with Crippen molar-refractivity contribution in [1.29, 1.82) is 0 Å². The van der Waals surface area contributed by atoms with Gasteiger partial charge in [-0.25, -0.2) is 4.79 Å². The lowest BCUT2D eigenvalue weighted by Crippen LogP contribution is -2.27. The second-order valence-corrected chi connectivity index (χ2v) is 9.61. The molecule has 3 rings (SSSR count). The zero-order valence-electron chi connectivity index (χ0n) is 16.8. The molecule has 1 fully saturated rings. The third kappa shape index (κ3) is 5.58. The predicted molar refractivity (Wildman–Crippen MR) is 135 cm³/mol. The molecule has 0 radical (unpaired) electrons. The van der Waals surface area contributed by atoms with Crippen LogP contribution in [-0.4, -0.2) is 36.5 Å². The second-order valence-electron chi connectivity index (χ2n) is 6.24. The molecule has 1 heterocycles. The second kappa shape index (κ2) is 10.9. The highest BCUT2D eigenvalue weighted by Gasteiger charge is 2.34. The van der Waals surface area contributed by atoms with Crippen LogP contribution in [0.15, 0.2) is 39.7 Å². The van der Waals surface area contributed by atoms with Crippen molar-refractivity contribution < 1.29 is 23.8 Å². The van der Waals surface area contributed by atoms with Gasteiger partial charge in [0.1, 0.15) is 0 Å². The molecule has 1 amide bonds. The molecule has 2 aromatic rings. The van der Waals surface area contributed by atoms with Crippen LogP contribution in [0.2, 0.25) is 10.0 Å². The molecule has 32 heavy (non-hydrogen) atoms. The van der Waals surface area contributed by atoms with Crippen LogP contribution in [0, 0.1) is 0 Å². The van der Waals surface area contributed by atoms with Crippen molar-refractivity contribution in [3.05, 3.63) is 55.3 Å². The normalized spacial score (nSPS) is 14.8. The quantitative estimate of drug-likeness (QED) is 0.224. The summed E-state index contributed by atoms with van der Waals surface area (Å²) < 4.78 is 16.7. The third-order valence-corrected chi connectivity index (χ3v) is 6.56. The van der Waals surface area contributed by atoms with E-state index in [0.29, 0.717) is 53.1 Å². The number of benzene rings is 2. The molecule has 0 atom stereocenters. The van der Waals surface area contributed by atoms with E-state index in [2.05, 4.69) is 20.7 Å². The highest BCUT2D eigenvalue weighted by atomic mass is 79.9. The maximum Gasteiger partial charge on any atom is 0.343 e. The molecule has 1 aliphatic heterocycles. The van der Waals surface area contributed by atoms with Gasteiger partial charge in [-0.2, -0.15) is 0 Å². The van der Waals surface area contributed by atoms with Gasteiger partial charge in [-0.15, -0.1) is 0 Å². The molecule has 0 unspecified atom stereocenters. The number of thiocarbonyl (C=S) groups is 1. The maximum atomic E-state index is 13.1. The Bertz CT molecular complexity index is 1130. The lowest BCUT2D eigenvalue weighted by molar-refractivity contribution is -0.142. The number of methoxy groups -OCH3 is 1. The SMILES string of the molecule is CCOc1cc(/C=C2/SC(=S)N(c3ccc(Cl)cc3Cl)C2=O)cc(Br)c1OCC(=O)OC. The Morgan fingerprint density at radius 2 is 2.00 bits per heavy atom. The van der Waals surface area contributed by atoms with Crippen molar-refractivity contribution in [2.75, 3.05) is 25.2 Å². The topological polar surface area (TPSA) is 65.1 Å². The molecule has 0 bridgehead atoms. The molecular formula is C21H16BrCl2NO5S2. The molecule has 11 heteroatoms. The van der Waals surface area contributed by atoms with Gasteiger partial charge in [-0.1, -0.05) is 47.2 Å². The van der Waals surface area contributed by atoms with Gasteiger partial charge < -0.3 is 14.2 Å². The van der Waals surface area contributed by atoms with Crippen molar-refractivity contribution in [3.8, 4) is 11.5 Å². The summed E-state index contributed by atoms with van der Waals surface area (Å²) in [6, 6.07) is 8.30. The average molecular weight is 577 g/mol. The predicted octanol–water partition coefficient (Wildman–Crippen LogP) is 6.11. The summed E-state index contributed by atoms with van der Waals surface area (Å²) in [6.45, 7) is 1.93. The standard InChI is InChI=1S/C21H16BrCl2NO5S2/c1-3-29-16-7-11(6-13(22)19(16)30-10-18(26)28-2)8-17-20(27)25(21(31)32-17)15-5-4-12(23)9-14(15)24/h4-9H,3,10H2,1-2H3/b17-8+. The average Bonchev–Trinajstić information content (AvgIpc) is 3.00. The lowest BCUT2D eigenvalue weighted by atomic mass is 10.1. The van der Waals surface area contributed by atoms with E-state index in [-0.39, 0.29) is 12.5 Å². The van der Waals surface area contributed by atoms with Gasteiger partial charge in [0, 0.05) is 5.02 Å². The molecule has 0 spiro atoms. The van der Waals surface area contributed by atoms with Gasteiger partial charge in [0.05, 0.1) is 33.8 Å². The molecule has 0 N–H and O–H groups in total. The van der Waals surface area contributed by atoms with Gasteiger partial charge >= 0.3 is 5.97 Å². The fourth-order valence-electron chi connectivity index (χ4n) is 2.75. The Balaban J connectivity index is 1.92. The van der Waals surface area contributed by atoms with Crippen molar-refractivity contribution in [3.63, 3.8) is 0 Å². The Kier molecular flexibility index (Phi) is 8.46. The Labute approximate surface area is 212 Å². The summed E-state index contributed by atoms with van der Waals surface area (Å²) in [5.74, 6) is -0.0552. The summed E-state index contributed by atoms with van der Waals surface area (Å²) in [5.41, 5.74) is 1.14. The van der Waals surface area contributed by atoms with Crippen molar-refractivity contribution >= 4 is 91.1 Å². The Morgan fingerprint density at radius 1 is 1.25 bits per heavy atom. The van der Waals surface area contributed by atoms with Crippen LogP contribution in [-0.2, 0) is 14.3 Å². The van der Waals surface area contributed by atoms with E-state index >= 15 is 0 Å². The molecule has 0 saturated carbocycles. The van der Waals surface area contributed by atoms with E-state index in [4.69, 9.17) is 44.9 Å². The number of ether oxygens (including phenoxy) is 3. The van der Waals surface area contributed by atoms with Crippen LogP contribution in [0.1, 0.15) is 12.5 Å². The van der Waals surface area contributed by atoms with E-state index in [9.17, 15) is 9.59 Å². The van der Waals surface area contributed by atoms with Crippen LogP contribution in [0.4, 0.5) is 5.69 Å². The van der Waals surface area contributed by atoms with E-state index in [0.717, 1.165) is 11.8 Å². The van der Waals surface area contributed by atoms with Crippen LogP contribution in [0.5, 0.6) is 11.5 Å². The zero-order chi connectivity index (χ0) is 23.4. The first-order chi connectivity index (χ1) is 15.2. The van der Waals surface area contributed by atoms with Gasteiger partial charge in [-0.3, -0.25) is 9.69 Å². The highest BCUT2D eigenvalue weighted by molar-refractivity contribution is 9.10. The lowest BCUT2D eigenvalue weighted by Gasteiger charge is -2.16. The molecule has 0 aromatic heterocycles. The number of thioether (sulfide) groups is 1. The summed E-state index contributed by atoms with van der Waals surface area (Å²) in [5, 5.41) is 0.783. The zero-order valence-corrected chi connectivity index (χ0v) is 21.5. The monoisotopic (exact) mass is 575 g/mol. The minimum Gasteiger partial charge on any atom is -0.490 e. The van der Waals surface area contributed by atoms with Crippen molar-refractivity contribution in [1.82, 2.24) is 0 Å². The van der Waals surface area contributed by atoms with Crippen LogP contribution < -0.4 is 14.4 Å². The fraction of sp³-hybridized carbons (Fsp3) is 0.190. The molecule has 1 aliphatic rings. The fourth-order valence-corrected chi connectivity index (χ4v) is 5.11. The molecule has 1 saturated heterocycles. The summed E-state index contributed by atoms with van der Waals surface area (Å²) >= 11 is 22.2. The maximum absolute atomic E-state index is 13.1. The number of halogens is 3. The molecule has 0 aliphatic carbocycles. The molecule has 168 valence electrons. The Morgan fingerprint density at radius 3 is 2.66 bits per heavy atom. The molecule has 6 nitrogen and oxygen atoms in total. The smallest absolute Gasteiger partial charge is 0.343 e. The van der Waals surface area contributed by atoms with E-state index in [1.165, 1.54) is 12.0 Å². The van der Waals surface area contributed by atoms with Crippen molar-refractivity contribution in [2.24, 2.45) is 0 Å². The number of rotatable bonds is 7. The number of hydrogen-bond acceptors (Lipinski definition) is 7. The number of amides is 1. The minimum atomic E-state index is -0.520. The highest BCUT2D eigenvalue weighted by Crippen LogP contribution is 2.42. The number of esters is 1.